The second-order valence-electron chi connectivity index (χ2n) is 4.35. The summed E-state index contributed by atoms with van der Waals surface area (Å²) in [5, 5.41) is 1.20. The molecule has 0 amide bonds. The molecule has 2 nitrogen and oxygen atoms in total. The van der Waals surface area contributed by atoms with E-state index in [9.17, 15) is 4.39 Å². The lowest BCUT2D eigenvalue weighted by Crippen LogP contribution is -1.82. The van der Waals surface area contributed by atoms with Gasteiger partial charge in [0.2, 0.25) is 0 Å². The van der Waals surface area contributed by atoms with Gasteiger partial charge in [-0.1, -0.05) is 24.3 Å². The molecule has 3 heteroatoms. The van der Waals surface area contributed by atoms with E-state index >= 15 is 0 Å². The molecule has 4 aromatic rings. The van der Waals surface area contributed by atoms with Gasteiger partial charge in [-0.05, 0) is 36.4 Å². The summed E-state index contributed by atoms with van der Waals surface area (Å²) < 4.78 is 14.5. The zero-order valence-corrected chi connectivity index (χ0v) is 10.8. The van der Waals surface area contributed by atoms with Crippen LogP contribution < -0.4 is 0 Å². The summed E-state index contributed by atoms with van der Waals surface area (Å²) in [7, 11) is 0. The van der Waals surface area contributed by atoms with Crippen molar-refractivity contribution in [1.29, 1.82) is 0 Å². The molecule has 4 rings (SSSR count). The molecule has 3 heterocycles. The molecule has 0 unspecified atom stereocenters. The first-order valence-electron chi connectivity index (χ1n) is 6.35. The molecule has 0 fully saturated rings. The number of aromatic nitrogens is 2. The summed E-state index contributed by atoms with van der Waals surface area (Å²) in [6, 6.07) is 18.8. The lowest BCUT2D eigenvalue weighted by atomic mass is 10.2. The van der Waals surface area contributed by atoms with Crippen LogP contribution in [-0.4, -0.2) is 9.38 Å². The minimum absolute atomic E-state index is 0.174. The van der Waals surface area contributed by atoms with E-state index in [1.165, 1.54) is 11.5 Å². The van der Waals surface area contributed by atoms with Gasteiger partial charge in [0, 0.05) is 24.0 Å². The Balaban J connectivity index is 0.000000121. The molecule has 0 N–H and O–H groups in total. The van der Waals surface area contributed by atoms with Crippen molar-refractivity contribution in [2.75, 3.05) is 0 Å². The Kier molecular flexibility index (Phi) is 3.42. The van der Waals surface area contributed by atoms with Crippen molar-refractivity contribution >= 4 is 16.4 Å². The number of hydrogen-bond acceptors (Lipinski definition) is 1. The van der Waals surface area contributed by atoms with Gasteiger partial charge in [0.15, 0.2) is 0 Å². The van der Waals surface area contributed by atoms with Crippen molar-refractivity contribution in [1.82, 2.24) is 9.38 Å². The van der Waals surface area contributed by atoms with Crippen LogP contribution in [-0.2, 0) is 0 Å². The Morgan fingerprint density at radius 2 is 1.55 bits per heavy atom. The highest BCUT2D eigenvalue weighted by atomic mass is 19.1. The average Bonchev–Trinajstić information content (AvgIpc) is 2.98. The minimum Gasteiger partial charge on any atom is -0.321 e. The third kappa shape index (κ3) is 2.52. The second kappa shape index (κ2) is 5.53. The smallest absolute Gasteiger partial charge is 0.147 e. The van der Waals surface area contributed by atoms with Gasteiger partial charge in [0.25, 0.3) is 0 Å². The summed E-state index contributed by atoms with van der Waals surface area (Å²) >= 11 is 0. The van der Waals surface area contributed by atoms with Crippen molar-refractivity contribution < 1.29 is 4.39 Å². The van der Waals surface area contributed by atoms with Gasteiger partial charge in [0.1, 0.15) is 5.82 Å². The summed E-state index contributed by atoms with van der Waals surface area (Å²) in [5.41, 5.74) is 1.69. The first kappa shape index (κ1) is 12.4. The van der Waals surface area contributed by atoms with Gasteiger partial charge < -0.3 is 4.40 Å². The molecule has 0 aliphatic heterocycles. The fraction of sp³-hybridized carbons (Fsp3) is 0. The van der Waals surface area contributed by atoms with Crippen LogP contribution in [0.3, 0.4) is 0 Å². The first-order valence-corrected chi connectivity index (χ1v) is 6.35. The monoisotopic (exact) mass is 264 g/mol. The molecule has 0 radical (unpaired) electrons. The highest BCUT2D eigenvalue weighted by Gasteiger charge is 1.95. The molecule has 0 aliphatic carbocycles. The van der Waals surface area contributed by atoms with Crippen LogP contribution in [0.1, 0.15) is 0 Å². The molecule has 20 heavy (non-hydrogen) atoms. The van der Waals surface area contributed by atoms with Gasteiger partial charge >= 0.3 is 0 Å². The summed E-state index contributed by atoms with van der Waals surface area (Å²) in [5.74, 6) is -0.174. The highest BCUT2D eigenvalue weighted by molar-refractivity contribution is 5.77. The zero-order chi connectivity index (χ0) is 13.8. The van der Waals surface area contributed by atoms with E-state index in [1.54, 1.807) is 16.5 Å². The molecular formula is C17H13FN2. The summed E-state index contributed by atoms with van der Waals surface area (Å²) in [6.45, 7) is 0. The topological polar surface area (TPSA) is 17.3 Å². The minimum atomic E-state index is -0.174. The Labute approximate surface area is 116 Å². The maximum Gasteiger partial charge on any atom is 0.147 e. The molecule has 0 atom stereocenters. The molecule has 0 saturated heterocycles. The van der Waals surface area contributed by atoms with E-state index in [0.717, 1.165) is 5.52 Å². The maximum atomic E-state index is 12.8. The van der Waals surface area contributed by atoms with Gasteiger partial charge in [-0.2, -0.15) is 0 Å². The molecular weight excluding hydrogens is 251 g/mol. The van der Waals surface area contributed by atoms with E-state index in [0.29, 0.717) is 5.52 Å². The SMILES string of the molecule is Fc1cccn2cccc12.c1ccc2ncccc2c1. The standard InChI is InChI=1S/C9H7N.C8H6FN/c1-2-6-9-8(4-1)5-3-7-10-9;9-7-3-1-5-10-6-2-4-8(7)10/h1-7H;1-6H. The van der Waals surface area contributed by atoms with E-state index in [-0.39, 0.29) is 5.82 Å². The number of rotatable bonds is 0. The van der Waals surface area contributed by atoms with E-state index in [4.69, 9.17) is 0 Å². The number of hydrogen-bond donors (Lipinski definition) is 0. The molecule has 98 valence electrons. The highest BCUT2D eigenvalue weighted by Crippen LogP contribution is 2.08. The fourth-order valence-corrected chi connectivity index (χ4v) is 2.05. The lowest BCUT2D eigenvalue weighted by molar-refractivity contribution is 0.633. The zero-order valence-electron chi connectivity index (χ0n) is 10.8. The van der Waals surface area contributed by atoms with Gasteiger partial charge in [-0.3, -0.25) is 4.98 Å². The van der Waals surface area contributed by atoms with Crippen LogP contribution in [0, 0.1) is 5.82 Å². The Morgan fingerprint density at radius 1 is 0.800 bits per heavy atom. The van der Waals surface area contributed by atoms with Crippen LogP contribution >= 0.6 is 0 Å². The van der Waals surface area contributed by atoms with Crippen molar-refractivity contribution in [2.45, 2.75) is 0 Å². The van der Waals surface area contributed by atoms with E-state index in [1.807, 2.05) is 48.9 Å². The Morgan fingerprint density at radius 3 is 2.35 bits per heavy atom. The molecule has 0 saturated carbocycles. The first-order chi connectivity index (χ1) is 9.84. The van der Waals surface area contributed by atoms with Crippen molar-refractivity contribution in [3.63, 3.8) is 0 Å². The predicted molar refractivity (Wildman–Crippen MR) is 79.1 cm³/mol. The summed E-state index contributed by atoms with van der Waals surface area (Å²) in [6.07, 6.45) is 5.44. The van der Waals surface area contributed by atoms with Crippen molar-refractivity contribution in [3.8, 4) is 0 Å². The normalized spacial score (nSPS) is 10.2. The fourth-order valence-electron chi connectivity index (χ4n) is 2.05. The van der Waals surface area contributed by atoms with Gasteiger partial charge in [-0.15, -0.1) is 0 Å². The number of nitrogens with zero attached hydrogens (tertiary/aromatic N) is 2. The van der Waals surface area contributed by atoms with E-state index < -0.39 is 0 Å². The summed E-state index contributed by atoms with van der Waals surface area (Å²) in [4.78, 5) is 4.18. The largest absolute Gasteiger partial charge is 0.321 e. The number of fused-ring (bicyclic) bond motifs is 2. The molecule has 0 aliphatic rings. The van der Waals surface area contributed by atoms with Crippen molar-refractivity contribution in [2.24, 2.45) is 0 Å². The number of pyridine rings is 2. The van der Waals surface area contributed by atoms with Crippen LogP contribution in [0.2, 0.25) is 0 Å². The molecule has 3 aromatic heterocycles. The van der Waals surface area contributed by atoms with Crippen LogP contribution in [0.15, 0.2) is 79.3 Å². The quantitative estimate of drug-likeness (QED) is 0.462. The lowest BCUT2D eigenvalue weighted by Gasteiger charge is -1.92. The molecule has 1 aromatic carbocycles. The third-order valence-corrected chi connectivity index (χ3v) is 3.03. The molecule has 0 bridgehead atoms. The van der Waals surface area contributed by atoms with Gasteiger partial charge in [-0.25, -0.2) is 4.39 Å². The maximum absolute atomic E-state index is 12.8. The number of benzene rings is 1. The van der Waals surface area contributed by atoms with Crippen molar-refractivity contribution in [3.05, 3.63) is 85.1 Å². The average molecular weight is 264 g/mol. The molecule has 0 spiro atoms. The Bertz CT molecular complexity index is 771. The Hall–Kier alpha value is -2.68. The number of halogens is 1. The van der Waals surface area contributed by atoms with Crippen LogP contribution in [0.4, 0.5) is 4.39 Å². The predicted octanol–water partition coefficient (Wildman–Crippen LogP) is 4.31. The second-order valence-corrected chi connectivity index (χ2v) is 4.35. The van der Waals surface area contributed by atoms with Crippen LogP contribution in [0.25, 0.3) is 16.4 Å². The van der Waals surface area contributed by atoms with E-state index in [2.05, 4.69) is 17.1 Å². The third-order valence-electron chi connectivity index (χ3n) is 3.03. The number of para-hydroxylation sites is 1. The van der Waals surface area contributed by atoms with Gasteiger partial charge in [0.05, 0.1) is 11.0 Å². The van der Waals surface area contributed by atoms with Crippen LogP contribution in [0.5, 0.6) is 0 Å².